The first kappa shape index (κ1) is 12.2. The average Bonchev–Trinajstić information content (AvgIpc) is 2.33. The van der Waals surface area contributed by atoms with Gasteiger partial charge in [0.05, 0.1) is 0 Å². The number of carbonyl (C=O) groups excluding carboxylic acids is 2. The van der Waals surface area contributed by atoms with Gasteiger partial charge in [-0.1, -0.05) is 0 Å². The summed E-state index contributed by atoms with van der Waals surface area (Å²) >= 11 is 0. The number of halogens is 8. The van der Waals surface area contributed by atoms with Crippen LogP contribution in [0.3, 0.4) is 0 Å². The molecule has 0 radical (unpaired) electrons. The lowest BCUT2D eigenvalue weighted by Gasteiger charge is -2.31. The SMILES string of the molecule is O=C1C(=O)C2(F)C(F)(F)C(F)(F)C1(F)C2(F)F. The Morgan fingerprint density at radius 2 is 0.765 bits per heavy atom. The lowest BCUT2D eigenvalue weighted by Crippen LogP contribution is -2.65. The van der Waals surface area contributed by atoms with Crippen molar-refractivity contribution in [2.24, 2.45) is 0 Å². The quantitative estimate of drug-likeness (QED) is 0.492. The molecule has 0 amide bonds. The molecule has 0 aromatic carbocycles. The summed E-state index contributed by atoms with van der Waals surface area (Å²) in [5.41, 5.74) is -11.7. The Balaban J connectivity index is 2.92. The van der Waals surface area contributed by atoms with Gasteiger partial charge in [-0.05, 0) is 0 Å². The highest BCUT2D eigenvalue weighted by molar-refractivity contribution is 6.48. The summed E-state index contributed by atoms with van der Waals surface area (Å²) in [6.07, 6.45) is 0. The largest absolute Gasteiger partial charge is 0.361 e. The summed E-state index contributed by atoms with van der Waals surface area (Å²) in [6, 6.07) is 0. The fourth-order valence-corrected chi connectivity index (χ4v) is 1.95. The number of ketones is 2. The molecule has 2 saturated carbocycles. The second kappa shape index (κ2) is 2.32. The molecule has 2 nitrogen and oxygen atoms in total. The lowest BCUT2D eigenvalue weighted by atomic mass is 9.87. The van der Waals surface area contributed by atoms with E-state index in [0.717, 1.165) is 0 Å². The third kappa shape index (κ3) is 0.675. The number of Topliss-reactive ketones (excluding diaryl/α,β-unsaturated/α-hetero) is 2. The van der Waals surface area contributed by atoms with E-state index in [-0.39, 0.29) is 0 Å². The Morgan fingerprint density at radius 1 is 0.529 bits per heavy atom. The third-order valence-corrected chi connectivity index (χ3v) is 2.96. The minimum absolute atomic E-state index is 3.18. The van der Waals surface area contributed by atoms with Gasteiger partial charge in [-0.25, -0.2) is 8.78 Å². The molecule has 0 heterocycles. The Hall–Kier alpha value is -1.22. The van der Waals surface area contributed by atoms with Crippen LogP contribution in [-0.2, 0) is 9.59 Å². The monoisotopic (exact) mass is 268 g/mol. The van der Waals surface area contributed by atoms with Crippen LogP contribution < -0.4 is 0 Å². The van der Waals surface area contributed by atoms with Crippen molar-refractivity contribution in [2.75, 3.05) is 0 Å². The van der Waals surface area contributed by atoms with E-state index >= 15 is 0 Å². The van der Waals surface area contributed by atoms with E-state index in [1.165, 1.54) is 0 Å². The Morgan fingerprint density at radius 3 is 0.941 bits per heavy atom. The zero-order valence-electron chi connectivity index (χ0n) is 7.34. The molecule has 2 aliphatic carbocycles. The van der Waals surface area contributed by atoms with Crippen molar-refractivity contribution in [2.45, 2.75) is 29.1 Å². The molecular weight excluding hydrogens is 268 g/mol. The average molecular weight is 268 g/mol. The number of alkyl halides is 8. The van der Waals surface area contributed by atoms with Gasteiger partial charge in [-0.3, -0.25) is 9.59 Å². The van der Waals surface area contributed by atoms with Gasteiger partial charge in [0.15, 0.2) is 0 Å². The predicted octanol–water partition coefficient (Wildman–Crippen LogP) is 1.47. The van der Waals surface area contributed by atoms with Crippen LogP contribution in [0.5, 0.6) is 0 Å². The van der Waals surface area contributed by atoms with Crippen LogP contribution in [0.25, 0.3) is 0 Å². The molecular formula is C7F8O2. The molecule has 2 bridgehead atoms. The number of rotatable bonds is 0. The molecule has 0 aromatic heterocycles. The third-order valence-electron chi connectivity index (χ3n) is 2.96. The fraction of sp³-hybridized carbons (Fsp3) is 0.714. The summed E-state index contributed by atoms with van der Waals surface area (Å²) in [5, 5.41) is 0. The van der Waals surface area contributed by atoms with E-state index in [1.54, 1.807) is 0 Å². The predicted molar refractivity (Wildman–Crippen MR) is 32.5 cm³/mol. The van der Waals surface area contributed by atoms with E-state index in [9.17, 15) is 44.7 Å². The van der Waals surface area contributed by atoms with Gasteiger partial charge in [0.1, 0.15) is 0 Å². The summed E-state index contributed by atoms with van der Waals surface area (Å²) in [5.74, 6) is -25.1. The lowest BCUT2D eigenvalue weighted by molar-refractivity contribution is -0.265. The van der Waals surface area contributed by atoms with E-state index < -0.39 is 40.7 Å². The summed E-state index contributed by atoms with van der Waals surface area (Å²) in [7, 11) is 0. The minimum atomic E-state index is -6.30. The highest BCUT2D eigenvalue weighted by Crippen LogP contribution is 2.72. The topological polar surface area (TPSA) is 34.1 Å². The van der Waals surface area contributed by atoms with Crippen LogP contribution in [0, 0.1) is 0 Å². The van der Waals surface area contributed by atoms with Crippen LogP contribution in [0.4, 0.5) is 35.1 Å². The first-order chi connectivity index (χ1) is 7.32. The van der Waals surface area contributed by atoms with Gasteiger partial charge < -0.3 is 0 Å². The van der Waals surface area contributed by atoms with Gasteiger partial charge in [-0.2, -0.15) is 26.3 Å². The van der Waals surface area contributed by atoms with Gasteiger partial charge in [-0.15, -0.1) is 0 Å². The van der Waals surface area contributed by atoms with Crippen molar-refractivity contribution in [3.63, 3.8) is 0 Å². The van der Waals surface area contributed by atoms with E-state index in [2.05, 4.69) is 0 Å². The number of hydrogen-bond donors (Lipinski definition) is 0. The smallest absolute Gasteiger partial charge is 0.287 e. The van der Waals surface area contributed by atoms with Crippen molar-refractivity contribution < 1.29 is 44.7 Å². The molecule has 0 aliphatic heterocycles. The molecule has 0 N–H and O–H groups in total. The zero-order valence-corrected chi connectivity index (χ0v) is 7.34. The molecule has 2 atom stereocenters. The molecule has 0 aromatic rings. The van der Waals surface area contributed by atoms with Crippen LogP contribution in [-0.4, -0.2) is 40.7 Å². The molecule has 2 fully saturated rings. The Labute approximate surface area is 86.6 Å². The number of hydrogen-bond acceptors (Lipinski definition) is 2. The second-order valence-corrected chi connectivity index (χ2v) is 3.70. The second-order valence-electron chi connectivity index (χ2n) is 3.70. The molecule has 2 unspecified atom stereocenters. The van der Waals surface area contributed by atoms with Crippen molar-refractivity contribution in [3.8, 4) is 0 Å². The first-order valence-corrected chi connectivity index (χ1v) is 3.92. The van der Waals surface area contributed by atoms with Crippen molar-refractivity contribution in [1.29, 1.82) is 0 Å². The van der Waals surface area contributed by atoms with Crippen molar-refractivity contribution >= 4 is 11.6 Å². The van der Waals surface area contributed by atoms with Crippen LogP contribution in [0.2, 0.25) is 0 Å². The Bertz CT molecular complexity index is 417. The standard InChI is InChI=1S/C7F8O2/c8-3-1(16)2(17)4(9,5(3,10)11)7(14,15)6(3,12)13. The summed E-state index contributed by atoms with van der Waals surface area (Å²) in [6.45, 7) is 0. The van der Waals surface area contributed by atoms with Crippen molar-refractivity contribution in [1.82, 2.24) is 0 Å². The molecule has 96 valence electrons. The minimum Gasteiger partial charge on any atom is -0.287 e. The van der Waals surface area contributed by atoms with Crippen molar-refractivity contribution in [3.05, 3.63) is 0 Å². The molecule has 10 heteroatoms. The first-order valence-electron chi connectivity index (χ1n) is 3.92. The highest BCUT2D eigenvalue weighted by atomic mass is 19.3. The molecule has 2 aliphatic rings. The van der Waals surface area contributed by atoms with Gasteiger partial charge in [0.2, 0.25) is 0 Å². The Kier molecular flexibility index (Phi) is 1.67. The van der Waals surface area contributed by atoms with Gasteiger partial charge >= 0.3 is 29.1 Å². The molecule has 2 rings (SSSR count). The van der Waals surface area contributed by atoms with E-state index in [4.69, 9.17) is 0 Å². The zero-order chi connectivity index (χ0) is 13.7. The van der Waals surface area contributed by atoms with Gasteiger partial charge in [0.25, 0.3) is 11.6 Å². The molecule has 0 saturated heterocycles. The normalized spacial score (nSPS) is 45.4. The summed E-state index contributed by atoms with van der Waals surface area (Å²) < 4.78 is 103. The van der Waals surface area contributed by atoms with E-state index in [1.807, 2.05) is 0 Å². The van der Waals surface area contributed by atoms with Gasteiger partial charge in [0, 0.05) is 0 Å². The van der Waals surface area contributed by atoms with E-state index in [0.29, 0.717) is 0 Å². The maximum Gasteiger partial charge on any atom is 0.361 e. The molecule has 0 spiro atoms. The maximum absolute atomic E-state index is 13.2. The number of carbonyl (C=O) groups is 2. The fourth-order valence-electron chi connectivity index (χ4n) is 1.95. The number of fused-ring (bicyclic) bond motifs is 2. The summed E-state index contributed by atoms with van der Waals surface area (Å²) in [4.78, 5) is 21.1. The maximum atomic E-state index is 13.2. The molecule has 17 heavy (non-hydrogen) atoms. The van der Waals surface area contributed by atoms with Crippen LogP contribution in [0.15, 0.2) is 0 Å². The van der Waals surface area contributed by atoms with Crippen LogP contribution in [0.1, 0.15) is 0 Å². The highest BCUT2D eigenvalue weighted by Gasteiger charge is 3.08. The van der Waals surface area contributed by atoms with Crippen LogP contribution >= 0.6 is 0 Å².